The van der Waals surface area contributed by atoms with E-state index in [4.69, 9.17) is 9.84 Å². The van der Waals surface area contributed by atoms with Crippen molar-refractivity contribution in [1.29, 1.82) is 0 Å². The zero-order valence-corrected chi connectivity index (χ0v) is 10.2. The van der Waals surface area contributed by atoms with Crippen LogP contribution in [0, 0.1) is 11.7 Å². The third kappa shape index (κ3) is 2.19. The van der Waals surface area contributed by atoms with Gasteiger partial charge in [-0.2, -0.15) is 5.10 Å². The van der Waals surface area contributed by atoms with E-state index in [1.165, 1.54) is 18.2 Å². The lowest BCUT2D eigenvalue weighted by molar-refractivity contribution is 0.0691. The molecule has 5 nitrogen and oxygen atoms in total. The lowest BCUT2D eigenvalue weighted by Crippen LogP contribution is -2.12. The van der Waals surface area contributed by atoms with Gasteiger partial charge in [0.1, 0.15) is 5.82 Å². The highest BCUT2D eigenvalue weighted by molar-refractivity contribution is 6.01. The molecule has 2 aromatic rings. The highest BCUT2D eigenvalue weighted by Crippen LogP contribution is 2.23. The number of nitrogens with zero attached hydrogens (tertiary/aromatic N) is 2. The molecule has 1 aliphatic rings. The minimum Gasteiger partial charge on any atom is -0.476 e. The summed E-state index contributed by atoms with van der Waals surface area (Å²) in [7, 11) is 0. The molecule has 1 unspecified atom stereocenters. The van der Waals surface area contributed by atoms with Crippen LogP contribution >= 0.6 is 0 Å². The predicted octanol–water partition coefficient (Wildman–Crippen LogP) is 1.91. The average Bonchev–Trinajstić information content (AvgIpc) is 2.98. The fraction of sp³-hybridized carbons (Fsp3) is 0.385. The summed E-state index contributed by atoms with van der Waals surface area (Å²) in [5.74, 6) is -1.20. The van der Waals surface area contributed by atoms with E-state index in [2.05, 4.69) is 5.10 Å². The van der Waals surface area contributed by atoms with E-state index >= 15 is 0 Å². The molecule has 0 spiro atoms. The molecule has 1 aliphatic heterocycles. The smallest absolute Gasteiger partial charge is 0.357 e. The van der Waals surface area contributed by atoms with Gasteiger partial charge in [-0.15, -0.1) is 0 Å². The van der Waals surface area contributed by atoms with Gasteiger partial charge >= 0.3 is 5.97 Å². The zero-order chi connectivity index (χ0) is 13.4. The molecule has 100 valence electrons. The Kier molecular flexibility index (Phi) is 2.94. The lowest BCUT2D eigenvalue weighted by atomic mass is 10.1. The summed E-state index contributed by atoms with van der Waals surface area (Å²) in [5, 5.41) is 13.7. The van der Waals surface area contributed by atoms with E-state index in [9.17, 15) is 9.18 Å². The Morgan fingerprint density at radius 2 is 2.42 bits per heavy atom. The predicted molar refractivity (Wildman–Crippen MR) is 65.6 cm³/mol. The zero-order valence-electron chi connectivity index (χ0n) is 10.2. The number of hydrogen-bond donors (Lipinski definition) is 1. The summed E-state index contributed by atoms with van der Waals surface area (Å²) in [4.78, 5) is 11.2. The molecule has 3 rings (SSSR count). The van der Waals surface area contributed by atoms with Crippen LogP contribution in [0.15, 0.2) is 18.2 Å². The number of halogens is 1. The van der Waals surface area contributed by atoms with E-state index in [1.54, 1.807) is 4.68 Å². The number of rotatable bonds is 3. The third-order valence-electron chi connectivity index (χ3n) is 3.37. The van der Waals surface area contributed by atoms with Crippen molar-refractivity contribution in [2.24, 2.45) is 5.92 Å². The molecule has 1 N–H and O–H groups in total. The first-order chi connectivity index (χ1) is 9.15. The van der Waals surface area contributed by atoms with E-state index in [-0.39, 0.29) is 5.69 Å². The second-order valence-electron chi connectivity index (χ2n) is 4.73. The molecule has 19 heavy (non-hydrogen) atoms. The van der Waals surface area contributed by atoms with E-state index in [0.29, 0.717) is 36.6 Å². The first kappa shape index (κ1) is 12.1. The first-order valence-corrected chi connectivity index (χ1v) is 6.12. The van der Waals surface area contributed by atoms with Gasteiger partial charge in [0.15, 0.2) is 5.69 Å². The van der Waals surface area contributed by atoms with Crippen LogP contribution in [-0.2, 0) is 11.3 Å². The van der Waals surface area contributed by atoms with Crippen molar-refractivity contribution < 1.29 is 19.0 Å². The number of carboxylic acid groups (broad SMARTS) is 1. The van der Waals surface area contributed by atoms with Crippen LogP contribution in [0.1, 0.15) is 16.9 Å². The molecule has 0 saturated carbocycles. The maximum absolute atomic E-state index is 13.3. The number of benzene rings is 1. The van der Waals surface area contributed by atoms with Crippen molar-refractivity contribution in [2.45, 2.75) is 13.0 Å². The topological polar surface area (TPSA) is 64.3 Å². The van der Waals surface area contributed by atoms with Crippen LogP contribution in [0.25, 0.3) is 10.9 Å². The summed E-state index contributed by atoms with van der Waals surface area (Å²) in [5.41, 5.74) is 0.484. The minimum absolute atomic E-state index is 0.0334. The molecular weight excluding hydrogens is 251 g/mol. The Balaban J connectivity index is 2.06. The molecule has 1 atom stereocenters. The normalized spacial score (nSPS) is 19.1. The van der Waals surface area contributed by atoms with Crippen LogP contribution in [0.4, 0.5) is 4.39 Å². The number of fused-ring (bicyclic) bond motifs is 1. The van der Waals surface area contributed by atoms with Crippen LogP contribution < -0.4 is 0 Å². The SMILES string of the molecule is O=C(O)c1nn(CC2CCOC2)c2cc(F)ccc12. The van der Waals surface area contributed by atoms with Crippen LogP contribution in [0.2, 0.25) is 0 Å². The number of aromatic nitrogens is 2. The summed E-state index contributed by atoms with van der Waals surface area (Å²) in [6.07, 6.45) is 0.916. The number of ether oxygens (including phenoxy) is 1. The Morgan fingerprint density at radius 1 is 1.58 bits per heavy atom. The van der Waals surface area contributed by atoms with Gasteiger partial charge in [-0.05, 0) is 24.6 Å². The van der Waals surface area contributed by atoms with Gasteiger partial charge in [-0.1, -0.05) is 0 Å². The Bertz CT molecular complexity index is 632. The van der Waals surface area contributed by atoms with E-state index in [0.717, 1.165) is 6.42 Å². The van der Waals surface area contributed by atoms with Crippen molar-refractivity contribution in [3.8, 4) is 0 Å². The monoisotopic (exact) mass is 264 g/mol. The van der Waals surface area contributed by atoms with Gasteiger partial charge in [-0.3, -0.25) is 4.68 Å². The summed E-state index contributed by atoms with van der Waals surface area (Å²) < 4.78 is 20.2. The standard InChI is InChI=1S/C13H13FN2O3/c14-9-1-2-10-11(5-9)16(15-12(10)13(17)18)6-8-3-4-19-7-8/h1-2,5,8H,3-4,6-7H2,(H,17,18). The van der Waals surface area contributed by atoms with Crippen molar-refractivity contribution in [2.75, 3.05) is 13.2 Å². The number of hydrogen-bond acceptors (Lipinski definition) is 3. The molecule has 0 aliphatic carbocycles. The largest absolute Gasteiger partial charge is 0.476 e. The van der Waals surface area contributed by atoms with Crippen molar-refractivity contribution in [3.05, 3.63) is 29.7 Å². The highest BCUT2D eigenvalue weighted by atomic mass is 19.1. The Labute approximate surface area is 108 Å². The van der Waals surface area contributed by atoms with Gasteiger partial charge in [0.25, 0.3) is 0 Å². The average molecular weight is 264 g/mol. The summed E-state index contributed by atoms with van der Waals surface area (Å²) in [6, 6.07) is 4.03. The molecule has 1 aromatic carbocycles. The van der Waals surface area contributed by atoms with Gasteiger partial charge in [0, 0.05) is 24.5 Å². The third-order valence-corrected chi connectivity index (χ3v) is 3.37. The van der Waals surface area contributed by atoms with Gasteiger partial charge in [-0.25, -0.2) is 9.18 Å². The Hall–Kier alpha value is -1.95. The Morgan fingerprint density at radius 3 is 3.11 bits per heavy atom. The number of carboxylic acids is 1. The van der Waals surface area contributed by atoms with Crippen LogP contribution in [0.5, 0.6) is 0 Å². The fourth-order valence-electron chi connectivity index (χ4n) is 2.42. The van der Waals surface area contributed by atoms with Crippen molar-refractivity contribution in [3.63, 3.8) is 0 Å². The van der Waals surface area contributed by atoms with Crippen LogP contribution in [-0.4, -0.2) is 34.1 Å². The highest BCUT2D eigenvalue weighted by Gasteiger charge is 2.21. The number of aromatic carboxylic acids is 1. The first-order valence-electron chi connectivity index (χ1n) is 6.12. The van der Waals surface area contributed by atoms with Crippen LogP contribution in [0.3, 0.4) is 0 Å². The van der Waals surface area contributed by atoms with E-state index < -0.39 is 11.8 Å². The maximum Gasteiger partial charge on any atom is 0.357 e. The molecule has 6 heteroatoms. The molecule has 2 heterocycles. The van der Waals surface area contributed by atoms with Crippen molar-refractivity contribution >= 4 is 16.9 Å². The molecule has 0 amide bonds. The van der Waals surface area contributed by atoms with Gasteiger partial charge in [0.2, 0.25) is 0 Å². The molecular formula is C13H13FN2O3. The summed E-state index contributed by atoms with van der Waals surface area (Å²) in [6.45, 7) is 1.90. The molecule has 0 radical (unpaired) electrons. The van der Waals surface area contributed by atoms with E-state index in [1.807, 2.05) is 0 Å². The maximum atomic E-state index is 13.3. The molecule has 1 aromatic heterocycles. The summed E-state index contributed by atoms with van der Waals surface area (Å²) >= 11 is 0. The second-order valence-corrected chi connectivity index (χ2v) is 4.73. The van der Waals surface area contributed by atoms with Gasteiger partial charge < -0.3 is 9.84 Å². The second kappa shape index (κ2) is 4.62. The lowest BCUT2D eigenvalue weighted by Gasteiger charge is -2.08. The quantitative estimate of drug-likeness (QED) is 0.919. The number of carbonyl (C=O) groups is 1. The van der Waals surface area contributed by atoms with Gasteiger partial charge in [0.05, 0.1) is 12.1 Å². The molecule has 0 bridgehead atoms. The molecule has 1 saturated heterocycles. The molecule has 1 fully saturated rings. The minimum atomic E-state index is -1.10. The van der Waals surface area contributed by atoms with Crippen molar-refractivity contribution in [1.82, 2.24) is 9.78 Å². The fourth-order valence-corrected chi connectivity index (χ4v) is 2.42.